The van der Waals surface area contributed by atoms with Gasteiger partial charge in [0.2, 0.25) is 12.7 Å². The van der Waals surface area contributed by atoms with Gasteiger partial charge in [-0.1, -0.05) is 22.0 Å². The van der Waals surface area contributed by atoms with Gasteiger partial charge in [-0.05, 0) is 61.2 Å². The van der Waals surface area contributed by atoms with Crippen molar-refractivity contribution in [2.24, 2.45) is 0 Å². The molecule has 0 radical (unpaired) electrons. The minimum absolute atomic E-state index is 0.0399. The van der Waals surface area contributed by atoms with Crippen molar-refractivity contribution < 1.29 is 14.3 Å². The minimum Gasteiger partial charge on any atom is -0.454 e. The molecule has 1 aliphatic carbocycles. The van der Waals surface area contributed by atoms with E-state index in [1.807, 2.05) is 43.3 Å². The molecular weight excluding hydrogens is 358 g/mol. The van der Waals surface area contributed by atoms with Crippen molar-refractivity contribution in [1.29, 1.82) is 0 Å². The molecule has 4 nitrogen and oxygen atoms in total. The molecule has 1 amide bonds. The summed E-state index contributed by atoms with van der Waals surface area (Å²) in [5.74, 6) is 1.51. The Labute approximate surface area is 142 Å². The minimum atomic E-state index is -0.443. The lowest BCUT2D eigenvalue weighted by molar-refractivity contribution is -0.118. The summed E-state index contributed by atoms with van der Waals surface area (Å²) >= 11 is 3.47. The maximum atomic E-state index is 12.8. The Morgan fingerprint density at radius 3 is 2.65 bits per heavy atom. The number of ether oxygens (including phenoxy) is 2. The monoisotopic (exact) mass is 373 g/mol. The third kappa shape index (κ3) is 2.49. The molecule has 0 unspecified atom stereocenters. The van der Waals surface area contributed by atoms with Crippen LogP contribution in [0.2, 0.25) is 0 Å². The predicted molar refractivity (Wildman–Crippen MR) is 91.0 cm³/mol. The third-order valence-corrected chi connectivity index (χ3v) is 5.42. The van der Waals surface area contributed by atoms with E-state index in [-0.39, 0.29) is 12.7 Å². The average molecular weight is 374 g/mol. The van der Waals surface area contributed by atoms with Crippen molar-refractivity contribution in [3.8, 4) is 11.5 Å². The van der Waals surface area contributed by atoms with Gasteiger partial charge in [0.15, 0.2) is 11.5 Å². The molecule has 2 aliphatic rings. The summed E-state index contributed by atoms with van der Waals surface area (Å²) < 4.78 is 11.8. The van der Waals surface area contributed by atoms with Gasteiger partial charge >= 0.3 is 0 Å². The van der Waals surface area contributed by atoms with E-state index >= 15 is 0 Å². The van der Waals surface area contributed by atoms with E-state index in [9.17, 15) is 4.79 Å². The molecule has 1 fully saturated rings. The quantitative estimate of drug-likeness (QED) is 0.878. The van der Waals surface area contributed by atoms with Gasteiger partial charge in [-0.2, -0.15) is 0 Å². The first kappa shape index (κ1) is 14.6. The van der Waals surface area contributed by atoms with Crippen LogP contribution in [0, 0.1) is 6.92 Å². The summed E-state index contributed by atoms with van der Waals surface area (Å²) in [7, 11) is 0. The standard InChI is InChI=1S/C18H16BrNO3/c1-11-8-13(3-4-14(11)19)20-17(21)18(6-7-18)12-2-5-15-16(9-12)23-10-22-15/h2-5,8-9H,6-7,10H2,1H3,(H,20,21). The number of aryl methyl sites for hydroxylation is 1. The first-order valence-electron chi connectivity index (χ1n) is 7.56. The number of rotatable bonds is 3. The van der Waals surface area contributed by atoms with Gasteiger partial charge < -0.3 is 14.8 Å². The Balaban J connectivity index is 1.59. The van der Waals surface area contributed by atoms with Gasteiger partial charge in [0.1, 0.15) is 0 Å². The van der Waals surface area contributed by atoms with Crippen molar-refractivity contribution in [2.75, 3.05) is 12.1 Å². The zero-order chi connectivity index (χ0) is 16.0. The van der Waals surface area contributed by atoms with Gasteiger partial charge in [0.05, 0.1) is 5.41 Å². The third-order valence-electron chi connectivity index (χ3n) is 4.53. The van der Waals surface area contributed by atoms with Crippen LogP contribution in [0.25, 0.3) is 0 Å². The van der Waals surface area contributed by atoms with E-state index in [4.69, 9.17) is 9.47 Å². The zero-order valence-corrected chi connectivity index (χ0v) is 14.3. The molecule has 0 aromatic heterocycles. The lowest BCUT2D eigenvalue weighted by Gasteiger charge is -2.16. The molecule has 2 aromatic carbocycles. The molecule has 118 valence electrons. The van der Waals surface area contributed by atoms with Crippen LogP contribution in [0.1, 0.15) is 24.0 Å². The number of nitrogens with one attached hydrogen (secondary N) is 1. The largest absolute Gasteiger partial charge is 0.454 e. The highest BCUT2D eigenvalue weighted by atomic mass is 79.9. The van der Waals surface area contributed by atoms with Gasteiger partial charge in [0, 0.05) is 10.2 Å². The molecule has 1 N–H and O–H groups in total. The van der Waals surface area contributed by atoms with E-state index in [1.54, 1.807) is 0 Å². The lowest BCUT2D eigenvalue weighted by Crippen LogP contribution is -2.27. The van der Waals surface area contributed by atoms with E-state index < -0.39 is 5.41 Å². The van der Waals surface area contributed by atoms with Gasteiger partial charge in [-0.25, -0.2) is 0 Å². The highest BCUT2D eigenvalue weighted by Gasteiger charge is 2.51. The molecule has 23 heavy (non-hydrogen) atoms. The van der Waals surface area contributed by atoms with Crippen LogP contribution in [-0.4, -0.2) is 12.7 Å². The van der Waals surface area contributed by atoms with Crippen molar-refractivity contribution in [1.82, 2.24) is 0 Å². The topological polar surface area (TPSA) is 47.6 Å². The van der Waals surface area contributed by atoms with Crippen molar-refractivity contribution in [3.63, 3.8) is 0 Å². The van der Waals surface area contributed by atoms with Gasteiger partial charge in [-0.3, -0.25) is 4.79 Å². The Morgan fingerprint density at radius 2 is 1.91 bits per heavy atom. The maximum absolute atomic E-state index is 12.8. The number of halogens is 1. The van der Waals surface area contributed by atoms with Crippen LogP contribution >= 0.6 is 15.9 Å². The number of anilines is 1. The number of hydrogen-bond donors (Lipinski definition) is 1. The summed E-state index contributed by atoms with van der Waals surface area (Å²) in [6, 6.07) is 11.6. The summed E-state index contributed by atoms with van der Waals surface area (Å²) in [6.45, 7) is 2.25. The van der Waals surface area contributed by atoms with Gasteiger partial charge in [-0.15, -0.1) is 0 Å². The zero-order valence-electron chi connectivity index (χ0n) is 12.7. The first-order valence-corrected chi connectivity index (χ1v) is 8.35. The fraction of sp³-hybridized carbons (Fsp3) is 0.278. The van der Waals surface area contributed by atoms with Crippen LogP contribution in [-0.2, 0) is 10.2 Å². The van der Waals surface area contributed by atoms with Crippen LogP contribution in [0.15, 0.2) is 40.9 Å². The number of carbonyl (C=O) groups excluding carboxylic acids is 1. The summed E-state index contributed by atoms with van der Waals surface area (Å²) in [5.41, 5.74) is 2.47. The second-order valence-corrected chi connectivity index (χ2v) is 6.92. The fourth-order valence-corrected chi connectivity index (χ4v) is 3.19. The van der Waals surface area contributed by atoms with Crippen LogP contribution in [0.5, 0.6) is 11.5 Å². The SMILES string of the molecule is Cc1cc(NC(=O)C2(c3ccc4c(c3)OCO4)CC2)ccc1Br. The molecule has 0 spiro atoms. The molecule has 1 aliphatic heterocycles. The highest BCUT2D eigenvalue weighted by molar-refractivity contribution is 9.10. The van der Waals surface area contributed by atoms with E-state index in [1.165, 1.54) is 0 Å². The number of amides is 1. The predicted octanol–water partition coefficient (Wildman–Crippen LogP) is 4.16. The van der Waals surface area contributed by atoms with Crippen LogP contribution in [0.4, 0.5) is 5.69 Å². The molecule has 0 saturated heterocycles. The van der Waals surface area contributed by atoms with E-state index in [0.29, 0.717) is 0 Å². The highest BCUT2D eigenvalue weighted by Crippen LogP contribution is 2.51. The number of benzene rings is 2. The second kappa shape index (κ2) is 5.27. The number of carbonyl (C=O) groups is 1. The number of fused-ring (bicyclic) bond motifs is 1. The summed E-state index contributed by atoms with van der Waals surface area (Å²) in [5, 5.41) is 3.05. The first-order chi connectivity index (χ1) is 11.1. The Bertz CT molecular complexity index is 799. The molecule has 4 rings (SSSR count). The molecular formula is C18H16BrNO3. The van der Waals surface area contributed by atoms with E-state index in [0.717, 1.165) is 45.6 Å². The molecule has 0 bridgehead atoms. The summed E-state index contributed by atoms with van der Waals surface area (Å²) in [6.07, 6.45) is 1.71. The smallest absolute Gasteiger partial charge is 0.235 e. The van der Waals surface area contributed by atoms with E-state index in [2.05, 4.69) is 21.2 Å². The lowest BCUT2D eigenvalue weighted by atomic mass is 9.94. The molecule has 1 heterocycles. The molecule has 2 aromatic rings. The molecule has 0 atom stereocenters. The summed E-state index contributed by atoms with van der Waals surface area (Å²) in [4.78, 5) is 12.8. The second-order valence-electron chi connectivity index (χ2n) is 6.07. The van der Waals surface area contributed by atoms with Crippen molar-refractivity contribution in [3.05, 3.63) is 52.0 Å². The number of hydrogen-bond acceptors (Lipinski definition) is 3. The normalized spacial score (nSPS) is 17.0. The van der Waals surface area contributed by atoms with Crippen LogP contribution < -0.4 is 14.8 Å². The maximum Gasteiger partial charge on any atom is 0.235 e. The average Bonchev–Trinajstić information content (AvgIpc) is 3.22. The van der Waals surface area contributed by atoms with Crippen LogP contribution in [0.3, 0.4) is 0 Å². The van der Waals surface area contributed by atoms with Crippen molar-refractivity contribution in [2.45, 2.75) is 25.2 Å². The molecule has 5 heteroatoms. The molecule has 1 saturated carbocycles. The Morgan fingerprint density at radius 1 is 1.13 bits per heavy atom. The Kier molecular flexibility index (Phi) is 3.34. The Hall–Kier alpha value is -2.01. The van der Waals surface area contributed by atoms with Gasteiger partial charge in [0.25, 0.3) is 0 Å². The fourth-order valence-electron chi connectivity index (χ4n) is 2.94. The van der Waals surface area contributed by atoms with Crippen molar-refractivity contribution >= 4 is 27.5 Å².